The van der Waals surface area contributed by atoms with E-state index in [0.717, 1.165) is 42.0 Å². The molecule has 0 aliphatic heterocycles. The summed E-state index contributed by atoms with van der Waals surface area (Å²) in [6.07, 6.45) is 36.3. The summed E-state index contributed by atoms with van der Waals surface area (Å²) in [7, 11) is 0. The molecule has 0 bridgehead atoms. The van der Waals surface area contributed by atoms with E-state index in [1.807, 2.05) is 89.9 Å². The zero-order valence-electron chi connectivity index (χ0n) is 18.8. The summed E-state index contributed by atoms with van der Waals surface area (Å²) in [5, 5.41) is 12.6. The summed E-state index contributed by atoms with van der Waals surface area (Å²) >= 11 is 0. The fourth-order valence-electron chi connectivity index (χ4n) is 3.25. The topological polar surface area (TPSA) is 41.9 Å². The SMILES string of the molecule is CCN(CC)c1c([C]2[CH][CH][CH][CH]2)nnnc1[C]1[CH][CH][CH][CH]1.[CH]1[CH][CH][CH][CH]1.[CH]1[CH][CH][CH][CH]1.[Fe+2].[Fe+2]. The molecule has 4 nitrogen and oxygen atoms in total. The standard InChI is InChI=1S/C17H18N4.2C5H5.2Fe/c1-3-21(4-2)17-15(13-9-5-6-10-13)18-20-19-16(17)14-11-7-8-12-14;2*1-2-4-5-3-1;;/h5-12H,3-4H2,1-2H3;2*1-5H;;/q;;;2*+2. The molecule has 1 aromatic heterocycles. The summed E-state index contributed by atoms with van der Waals surface area (Å²) in [4.78, 5) is 2.28. The molecule has 4 aliphatic carbocycles. The van der Waals surface area contributed by atoms with Crippen LogP contribution in [-0.2, 0) is 34.1 Å². The predicted molar refractivity (Wildman–Crippen MR) is 125 cm³/mol. The van der Waals surface area contributed by atoms with Gasteiger partial charge in [-0.15, -0.1) is 10.2 Å². The van der Waals surface area contributed by atoms with Crippen LogP contribution in [-0.4, -0.2) is 28.5 Å². The van der Waals surface area contributed by atoms with E-state index in [1.165, 1.54) is 0 Å². The molecule has 0 spiro atoms. The molecule has 0 unspecified atom stereocenters. The Morgan fingerprint density at radius 1 is 0.515 bits per heavy atom. The minimum absolute atomic E-state index is 0. The van der Waals surface area contributed by atoms with Gasteiger partial charge in [0.2, 0.25) is 0 Å². The Kier molecular flexibility index (Phi) is 17.0. The van der Waals surface area contributed by atoms with Gasteiger partial charge in [-0.05, 0) is 135 Å². The molecule has 0 aromatic carbocycles. The monoisotopic (exact) mass is 520 g/mol. The quantitative estimate of drug-likeness (QED) is 0.545. The van der Waals surface area contributed by atoms with E-state index < -0.39 is 0 Å². The summed E-state index contributed by atoms with van der Waals surface area (Å²) in [5.74, 6) is 2.17. The maximum atomic E-state index is 4.31. The molecule has 4 fully saturated rings. The van der Waals surface area contributed by atoms with Crippen molar-refractivity contribution in [2.75, 3.05) is 18.0 Å². The molecule has 0 N–H and O–H groups in total. The van der Waals surface area contributed by atoms with Gasteiger partial charge in [0.05, 0.1) is 17.1 Å². The van der Waals surface area contributed by atoms with Gasteiger partial charge >= 0.3 is 34.1 Å². The van der Waals surface area contributed by atoms with Gasteiger partial charge in [0, 0.05) is 24.9 Å². The number of nitrogens with zero attached hydrogens (tertiary/aromatic N) is 4. The molecular formula is C27H28Fe2N4+4. The molecule has 0 amide bonds. The molecule has 168 valence electrons. The van der Waals surface area contributed by atoms with Crippen molar-refractivity contribution in [1.29, 1.82) is 0 Å². The van der Waals surface area contributed by atoms with Crippen LogP contribution in [0.2, 0.25) is 0 Å². The van der Waals surface area contributed by atoms with Gasteiger partial charge in [-0.3, -0.25) is 0 Å². The zero-order valence-corrected chi connectivity index (χ0v) is 21.0. The molecule has 5 rings (SSSR count). The van der Waals surface area contributed by atoms with Gasteiger partial charge in [0.25, 0.3) is 0 Å². The van der Waals surface area contributed by atoms with Gasteiger partial charge in [0.1, 0.15) is 0 Å². The van der Waals surface area contributed by atoms with Crippen LogP contribution in [0.5, 0.6) is 0 Å². The summed E-state index contributed by atoms with van der Waals surface area (Å²) in [6, 6.07) is 0. The van der Waals surface area contributed by atoms with Crippen molar-refractivity contribution in [2.24, 2.45) is 0 Å². The number of anilines is 1. The fourth-order valence-corrected chi connectivity index (χ4v) is 3.25. The third-order valence-electron chi connectivity index (χ3n) is 4.80. The minimum Gasteiger partial charge on any atom is -0.369 e. The van der Waals surface area contributed by atoms with E-state index in [9.17, 15) is 0 Å². The van der Waals surface area contributed by atoms with Crippen molar-refractivity contribution >= 4 is 5.69 Å². The summed E-state index contributed by atoms with van der Waals surface area (Å²) in [6.45, 7) is 6.11. The Morgan fingerprint density at radius 2 is 0.818 bits per heavy atom. The smallest absolute Gasteiger partial charge is 0.369 e. The van der Waals surface area contributed by atoms with Crippen molar-refractivity contribution in [1.82, 2.24) is 15.4 Å². The average molecular weight is 520 g/mol. The van der Waals surface area contributed by atoms with E-state index >= 15 is 0 Å². The predicted octanol–water partition coefficient (Wildman–Crippen LogP) is 4.26. The molecule has 0 atom stereocenters. The van der Waals surface area contributed by atoms with E-state index in [0.29, 0.717) is 0 Å². The Hall–Kier alpha value is -0.151. The van der Waals surface area contributed by atoms with E-state index in [2.05, 4.69) is 59.8 Å². The first-order valence-corrected chi connectivity index (χ1v) is 10.6. The molecule has 4 saturated carbocycles. The molecule has 0 saturated heterocycles. The Labute approximate surface area is 225 Å². The second-order valence-corrected chi connectivity index (χ2v) is 6.78. The van der Waals surface area contributed by atoms with Crippen LogP contribution in [0.4, 0.5) is 5.69 Å². The van der Waals surface area contributed by atoms with Crippen LogP contribution in [0.3, 0.4) is 0 Å². The minimum atomic E-state index is 0. The molecule has 1 heterocycles. The number of rotatable bonds is 5. The van der Waals surface area contributed by atoms with E-state index in [1.54, 1.807) is 0 Å². The van der Waals surface area contributed by atoms with Crippen LogP contribution in [0.1, 0.15) is 25.2 Å². The normalized spacial score (nSPS) is 20.2. The Morgan fingerprint density at radius 3 is 1.09 bits per heavy atom. The second kappa shape index (κ2) is 18.2. The Bertz CT molecular complexity index is 545. The molecule has 4 aliphatic rings. The summed E-state index contributed by atoms with van der Waals surface area (Å²) < 4.78 is 0. The third-order valence-corrected chi connectivity index (χ3v) is 4.80. The molecular weight excluding hydrogens is 492 g/mol. The maximum Gasteiger partial charge on any atom is 2.00 e. The largest absolute Gasteiger partial charge is 2.00 e. The third kappa shape index (κ3) is 9.79. The Balaban J connectivity index is 0.000000375. The van der Waals surface area contributed by atoms with Crippen LogP contribution >= 0.6 is 0 Å². The van der Waals surface area contributed by atoms with Gasteiger partial charge in [-0.2, -0.15) is 0 Å². The van der Waals surface area contributed by atoms with E-state index in [4.69, 9.17) is 0 Å². The molecule has 1 aromatic rings. The van der Waals surface area contributed by atoms with Crippen molar-refractivity contribution < 1.29 is 34.1 Å². The number of hydrogen-bond donors (Lipinski definition) is 0. The van der Waals surface area contributed by atoms with Crippen molar-refractivity contribution in [3.8, 4) is 0 Å². The van der Waals surface area contributed by atoms with Crippen LogP contribution in [0.15, 0.2) is 0 Å². The first-order chi connectivity index (χ1) is 15.3. The van der Waals surface area contributed by atoms with Crippen LogP contribution in [0, 0.1) is 127 Å². The summed E-state index contributed by atoms with van der Waals surface area (Å²) in [5.41, 5.74) is 2.86. The average Bonchev–Trinajstić information content (AvgIpc) is 3.66. The second-order valence-electron chi connectivity index (χ2n) is 6.78. The van der Waals surface area contributed by atoms with E-state index in [-0.39, 0.29) is 34.1 Å². The van der Waals surface area contributed by atoms with Crippen molar-refractivity contribution in [3.63, 3.8) is 0 Å². The maximum absolute atomic E-state index is 4.31. The van der Waals surface area contributed by atoms with Gasteiger partial charge in [-0.25, -0.2) is 0 Å². The van der Waals surface area contributed by atoms with Gasteiger partial charge in [0.15, 0.2) is 0 Å². The van der Waals surface area contributed by atoms with Crippen molar-refractivity contribution in [2.45, 2.75) is 13.8 Å². The first-order valence-electron chi connectivity index (χ1n) is 10.6. The van der Waals surface area contributed by atoms with Gasteiger partial charge < -0.3 is 4.90 Å². The molecule has 6 heteroatoms. The fraction of sp³-hybridized carbons (Fsp3) is 0.148. The van der Waals surface area contributed by atoms with Crippen LogP contribution in [0.25, 0.3) is 0 Å². The van der Waals surface area contributed by atoms with Crippen LogP contribution < -0.4 is 4.90 Å². The van der Waals surface area contributed by atoms with Crippen molar-refractivity contribution in [3.05, 3.63) is 139 Å². The zero-order chi connectivity index (χ0) is 21.7. The molecule has 20 radical (unpaired) electrons. The number of aromatic nitrogens is 3. The molecule has 33 heavy (non-hydrogen) atoms. The number of hydrogen-bond acceptors (Lipinski definition) is 4. The van der Waals surface area contributed by atoms with Gasteiger partial charge in [-0.1, -0.05) is 0 Å². The first kappa shape index (κ1) is 30.9.